The maximum absolute atomic E-state index is 12.6. The standard InChI is InChI=1S/C24H24N2O5S/c1-17(19-7-4-3-5-8-19)26-32(29,30)23-13-11-22(12-14-23)31-16-24(28)25-21-10-6-9-20(15-21)18(2)27/h3-15,17,26H,16H2,1-2H3,(H,25,28). The van der Waals surface area contributed by atoms with Crippen LogP contribution in [0.5, 0.6) is 5.75 Å². The maximum Gasteiger partial charge on any atom is 0.262 e. The minimum atomic E-state index is -3.72. The number of hydrogen-bond acceptors (Lipinski definition) is 5. The summed E-state index contributed by atoms with van der Waals surface area (Å²) in [5.74, 6) is -0.145. The third-order valence-electron chi connectivity index (χ3n) is 4.69. The number of ketones is 1. The van der Waals surface area contributed by atoms with E-state index in [0.29, 0.717) is 17.0 Å². The molecule has 0 aliphatic rings. The van der Waals surface area contributed by atoms with Crippen LogP contribution in [-0.2, 0) is 14.8 Å². The summed E-state index contributed by atoms with van der Waals surface area (Å²) >= 11 is 0. The predicted octanol–water partition coefficient (Wildman–Crippen LogP) is 3.95. The van der Waals surface area contributed by atoms with E-state index in [1.807, 2.05) is 30.3 Å². The highest BCUT2D eigenvalue weighted by atomic mass is 32.2. The van der Waals surface area contributed by atoms with Crippen molar-refractivity contribution >= 4 is 27.4 Å². The Hall–Kier alpha value is -3.49. The predicted molar refractivity (Wildman–Crippen MR) is 122 cm³/mol. The van der Waals surface area contributed by atoms with Crippen LogP contribution >= 0.6 is 0 Å². The fourth-order valence-electron chi connectivity index (χ4n) is 2.99. The van der Waals surface area contributed by atoms with E-state index >= 15 is 0 Å². The highest BCUT2D eigenvalue weighted by Crippen LogP contribution is 2.19. The summed E-state index contributed by atoms with van der Waals surface area (Å²) in [6.45, 7) is 2.96. The van der Waals surface area contributed by atoms with Crippen LogP contribution in [0.3, 0.4) is 0 Å². The summed E-state index contributed by atoms with van der Waals surface area (Å²) in [6.07, 6.45) is 0. The Morgan fingerprint density at radius 3 is 2.28 bits per heavy atom. The van der Waals surface area contributed by atoms with E-state index < -0.39 is 15.9 Å². The number of amides is 1. The fourth-order valence-corrected chi connectivity index (χ4v) is 4.22. The molecule has 0 saturated heterocycles. The zero-order valence-corrected chi connectivity index (χ0v) is 18.6. The molecule has 1 atom stereocenters. The molecule has 0 fully saturated rings. The highest BCUT2D eigenvalue weighted by molar-refractivity contribution is 7.89. The number of anilines is 1. The largest absolute Gasteiger partial charge is 0.484 e. The highest BCUT2D eigenvalue weighted by Gasteiger charge is 2.18. The molecule has 1 amide bonds. The monoisotopic (exact) mass is 452 g/mol. The first-order valence-corrected chi connectivity index (χ1v) is 11.4. The van der Waals surface area contributed by atoms with Crippen molar-refractivity contribution in [3.8, 4) is 5.75 Å². The minimum Gasteiger partial charge on any atom is -0.484 e. The van der Waals surface area contributed by atoms with Gasteiger partial charge in [-0.05, 0) is 55.8 Å². The fraction of sp³-hybridized carbons (Fsp3) is 0.167. The Morgan fingerprint density at radius 1 is 0.938 bits per heavy atom. The number of Topliss-reactive ketones (excluding diaryl/α,β-unsaturated/α-hetero) is 1. The second-order valence-electron chi connectivity index (χ2n) is 7.20. The average molecular weight is 453 g/mol. The number of carbonyl (C=O) groups excluding carboxylic acids is 2. The molecule has 0 saturated carbocycles. The lowest BCUT2D eigenvalue weighted by atomic mass is 10.1. The molecule has 32 heavy (non-hydrogen) atoms. The van der Waals surface area contributed by atoms with Gasteiger partial charge in [0, 0.05) is 17.3 Å². The van der Waals surface area contributed by atoms with Crippen molar-refractivity contribution in [3.63, 3.8) is 0 Å². The molecule has 3 aromatic rings. The summed E-state index contributed by atoms with van der Waals surface area (Å²) in [5, 5.41) is 2.66. The summed E-state index contributed by atoms with van der Waals surface area (Å²) in [5.41, 5.74) is 1.85. The van der Waals surface area contributed by atoms with Gasteiger partial charge in [-0.1, -0.05) is 42.5 Å². The summed E-state index contributed by atoms with van der Waals surface area (Å²) < 4.78 is 33.3. The molecule has 7 nitrogen and oxygen atoms in total. The Bertz CT molecular complexity index is 1190. The molecule has 0 radical (unpaired) electrons. The van der Waals surface area contributed by atoms with E-state index in [1.54, 1.807) is 31.2 Å². The zero-order valence-electron chi connectivity index (χ0n) is 17.7. The van der Waals surface area contributed by atoms with Gasteiger partial charge in [0.2, 0.25) is 10.0 Å². The minimum absolute atomic E-state index is 0.0955. The lowest BCUT2D eigenvalue weighted by Crippen LogP contribution is -2.26. The lowest BCUT2D eigenvalue weighted by Gasteiger charge is -2.15. The van der Waals surface area contributed by atoms with Crippen molar-refractivity contribution in [2.24, 2.45) is 0 Å². The molecule has 166 valence electrons. The lowest BCUT2D eigenvalue weighted by molar-refractivity contribution is -0.118. The number of benzene rings is 3. The molecule has 0 spiro atoms. The zero-order chi connectivity index (χ0) is 23.1. The topological polar surface area (TPSA) is 102 Å². The van der Waals surface area contributed by atoms with Crippen molar-refractivity contribution in [2.75, 3.05) is 11.9 Å². The number of carbonyl (C=O) groups is 2. The number of ether oxygens (including phenoxy) is 1. The number of rotatable bonds is 9. The van der Waals surface area contributed by atoms with E-state index in [2.05, 4.69) is 10.0 Å². The van der Waals surface area contributed by atoms with Crippen molar-refractivity contribution in [1.29, 1.82) is 0 Å². The molecule has 8 heteroatoms. The van der Waals surface area contributed by atoms with Crippen LogP contribution in [0, 0.1) is 0 Å². The molecule has 0 bridgehead atoms. The van der Waals surface area contributed by atoms with Crippen molar-refractivity contribution < 1.29 is 22.7 Å². The van der Waals surface area contributed by atoms with Crippen molar-refractivity contribution in [3.05, 3.63) is 90.0 Å². The van der Waals surface area contributed by atoms with Crippen LogP contribution in [0.4, 0.5) is 5.69 Å². The Kier molecular flexibility index (Phi) is 7.40. The van der Waals surface area contributed by atoms with Crippen LogP contribution < -0.4 is 14.8 Å². The van der Waals surface area contributed by atoms with Gasteiger partial charge < -0.3 is 10.1 Å². The third-order valence-corrected chi connectivity index (χ3v) is 6.24. The van der Waals surface area contributed by atoms with Gasteiger partial charge in [0.1, 0.15) is 5.75 Å². The molecule has 0 aliphatic carbocycles. The Morgan fingerprint density at radius 2 is 1.62 bits per heavy atom. The van der Waals surface area contributed by atoms with Gasteiger partial charge in [-0.25, -0.2) is 13.1 Å². The Labute approximate surface area is 187 Å². The van der Waals surface area contributed by atoms with E-state index in [9.17, 15) is 18.0 Å². The van der Waals surface area contributed by atoms with Gasteiger partial charge in [0.15, 0.2) is 12.4 Å². The Balaban J connectivity index is 1.56. The maximum atomic E-state index is 12.6. The first kappa shape index (κ1) is 23.2. The third kappa shape index (κ3) is 6.26. The molecule has 1 unspecified atom stereocenters. The molecule has 3 rings (SSSR count). The molecule has 0 aliphatic heterocycles. The second kappa shape index (κ2) is 10.2. The number of nitrogens with one attached hydrogen (secondary N) is 2. The van der Waals surface area contributed by atoms with Gasteiger partial charge in [0.25, 0.3) is 5.91 Å². The van der Waals surface area contributed by atoms with E-state index in [-0.39, 0.29) is 23.3 Å². The molecular formula is C24H24N2O5S. The normalized spacial score (nSPS) is 12.1. The second-order valence-corrected chi connectivity index (χ2v) is 8.91. The molecular weight excluding hydrogens is 428 g/mol. The van der Waals surface area contributed by atoms with Gasteiger partial charge >= 0.3 is 0 Å². The number of hydrogen-bond donors (Lipinski definition) is 2. The number of sulfonamides is 1. The van der Waals surface area contributed by atoms with E-state index in [4.69, 9.17) is 4.74 Å². The van der Waals surface area contributed by atoms with Crippen molar-refractivity contribution in [2.45, 2.75) is 24.8 Å². The summed E-state index contributed by atoms with van der Waals surface area (Å²) in [7, 11) is -3.72. The van der Waals surface area contributed by atoms with Crippen molar-refractivity contribution in [1.82, 2.24) is 4.72 Å². The van der Waals surface area contributed by atoms with Crippen LogP contribution in [0.25, 0.3) is 0 Å². The van der Waals surface area contributed by atoms with Crippen LogP contribution in [0.15, 0.2) is 83.8 Å². The van der Waals surface area contributed by atoms with Crippen LogP contribution in [0.1, 0.15) is 35.8 Å². The first-order chi connectivity index (χ1) is 15.2. The molecule has 0 heterocycles. The smallest absolute Gasteiger partial charge is 0.262 e. The van der Waals surface area contributed by atoms with E-state index in [1.165, 1.54) is 31.2 Å². The molecule has 0 aromatic heterocycles. The average Bonchev–Trinajstić information content (AvgIpc) is 2.78. The van der Waals surface area contributed by atoms with Crippen LogP contribution in [0.2, 0.25) is 0 Å². The van der Waals surface area contributed by atoms with Crippen LogP contribution in [-0.4, -0.2) is 26.7 Å². The first-order valence-electron chi connectivity index (χ1n) is 9.95. The summed E-state index contributed by atoms with van der Waals surface area (Å²) in [6, 6.07) is 21.3. The molecule has 2 N–H and O–H groups in total. The van der Waals surface area contributed by atoms with Gasteiger partial charge in [-0.2, -0.15) is 0 Å². The quantitative estimate of drug-likeness (QED) is 0.479. The molecule has 3 aromatic carbocycles. The van der Waals surface area contributed by atoms with Gasteiger partial charge in [0.05, 0.1) is 4.90 Å². The summed E-state index contributed by atoms with van der Waals surface area (Å²) in [4.78, 5) is 23.7. The van der Waals surface area contributed by atoms with Gasteiger partial charge in [-0.3, -0.25) is 9.59 Å². The van der Waals surface area contributed by atoms with Gasteiger partial charge in [-0.15, -0.1) is 0 Å². The SMILES string of the molecule is CC(=O)c1cccc(NC(=O)COc2ccc(S(=O)(=O)NC(C)c3ccccc3)cc2)c1. The van der Waals surface area contributed by atoms with E-state index in [0.717, 1.165) is 5.56 Å².